The number of aryl methyl sites for hydroxylation is 1. The zero-order valence-corrected chi connectivity index (χ0v) is 11.9. The SMILES string of the molecule is Cc1ccc2c(c1)C(C)(C)c1[nH]c(C(C)C)cc1-2. The minimum atomic E-state index is 0.101. The summed E-state index contributed by atoms with van der Waals surface area (Å²) < 4.78 is 0. The summed E-state index contributed by atoms with van der Waals surface area (Å²) in [7, 11) is 0. The van der Waals surface area contributed by atoms with Gasteiger partial charge < -0.3 is 4.98 Å². The van der Waals surface area contributed by atoms with Gasteiger partial charge >= 0.3 is 0 Å². The minimum Gasteiger partial charge on any atom is -0.361 e. The van der Waals surface area contributed by atoms with E-state index in [4.69, 9.17) is 0 Å². The van der Waals surface area contributed by atoms with Gasteiger partial charge in [0.25, 0.3) is 0 Å². The Kier molecular flexibility index (Phi) is 2.25. The summed E-state index contributed by atoms with van der Waals surface area (Å²) in [5.74, 6) is 0.556. The van der Waals surface area contributed by atoms with E-state index in [1.54, 1.807) is 0 Å². The zero-order valence-electron chi connectivity index (χ0n) is 11.9. The van der Waals surface area contributed by atoms with Crippen LogP contribution in [0.3, 0.4) is 0 Å². The highest BCUT2D eigenvalue weighted by Gasteiger charge is 2.37. The summed E-state index contributed by atoms with van der Waals surface area (Å²) in [5, 5.41) is 0. The lowest BCUT2D eigenvalue weighted by Crippen LogP contribution is -2.16. The van der Waals surface area contributed by atoms with Crippen LogP contribution in [0, 0.1) is 6.92 Å². The number of aromatic nitrogens is 1. The predicted octanol–water partition coefficient (Wildman–Crippen LogP) is 4.75. The molecule has 0 fully saturated rings. The molecule has 2 aromatic rings. The van der Waals surface area contributed by atoms with Crippen LogP contribution in [0.5, 0.6) is 0 Å². The Hall–Kier alpha value is -1.50. The van der Waals surface area contributed by atoms with E-state index in [9.17, 15) is 0 Å². The zero-order chi connectivity index (χ0) is 13.1. The molecule has 0 bridgehead atoms. The highest BCUT2D eigenvalue weighted by molar-refractivity contribution is 5.80. The summed E-state index contributed by atoms with van der Waals surface area (Å²) in [6, 6.07) is 9.16. The molecule has 1 nitrogen and oxygen atoms in total. The van der Waals surface area contributed by atoms with Crippen LogP contribution in [0.15, 0.2) is 24.3 Å². The molecule has 1 heterocycles. The molecule has 1 aliphatic carbocycles. The number of hydrogen-bond donors (Lipinski definition) is 1. The maximum Gasteiger partial charge on any atom is 0.0331 e. The predicted molar refractivity (Wildman–Crippen MR) is 77.2 cm³/mol. The summed E-state index contributed by atoms with van der Waals surface area (Å²) in [6.07, 6.45) is 0. The number of fused-ring (bicyclic) bond motifs is 3. The first-order valence-electron chi connectivity index (χ1n) is 6.76. The number of H-pyrrole nitrogens is 1. The number of benzene rings is 1. The van der Waals surface area contributed by atoms with Crippen LogP contribution in [0.25, 0.3) is 11.1 Å². The first-order chi connectivity index (χ1) is 8.41. The van der Waals surface area contributed by atoms with Gasteiger partial charge in [-0.05, 0) is 30.0 Å². The van der Waals surface area contributed by atoms with E-state index in [2.05, 4.69) is 63.9 Å². The maximum atomic E-state index is 3.65. The molecule has 1 aliphatic rings. The van der Waals surface area contributed by atoms with Gasteiger partial charge in [-0.3, -0.25) is 0 Å². The number of rotatable bonds is 1. The second-order valence-electron chi connectivity index (χ2n) is 6.34. The molecule has 1 N–H and O–H groups in total. The standard InChI is InChI=1S/C17H21N/c1-10(2)15-9-13-12-7-6-11(3)8-14(12)17(4,5)16(13)18-15/h6-10,18H,1-5H3. The second kappa shape index (κ2) is 3.50. The van der Waals surface area contributed by atoms with Crippen molar-refractivity contribution >= 4 is 0 Å². The van der Waals surface area contributed by atoms with Crippen molar-refractivity contribution in [2.45, 2.75) is 46.0 Å². The van der Waals surface area contributed by atoms with Crippen molar-refractivity contribution in [2.24, 2.45) is 0 Å². The lowest BCUT2D eigenvalue weighted by Gasteiger charge is -2.21. The van der Waals surface area contributed by atoms with E-state index in [1.807, 2.05) is 0 Å². The molecule has 0 atom stereocenters. The molecule has 1 aromatic carbocycles. The third-order valence-electron chi connectivity index (χ3n) is 4.22. The average Bonchev–Trinajstić information content (AvgIpc) is 2.80. The molecule has 0 saturated heterocycles. The third kappa shape index (κ3) is 1.40. The molecule has 1 aromatic heterocycles. The van der Waals surface area contributed by atoms with Crippen LogP contribution in [0.4, 0.5) is 0 Å². The third-order valence-corrected chi connectivity index (χ3v) is 4.22. The summed E-state index contributed by atoms with van der Waals surface area (Å²) in [6.45, 7) is 11.3. The van der Waals surface area contributed by atoms with Crippen molar-refractivity contribution in [1.82, 2.24) is 4.98 Å². The van der Waals surface area contributed by atoms with Gasteiger partial charge in [0.2, 0.25) is 0 Å². The van der Waals surface area contributed by atoms with Gasteiger partial charge in [0.1, 0.15) is 0 Å². The minimum absolute atomic E-state index is 0.101. The lowest BCUT2D eigenvalue weighted by atomic mass is 9.85. The van der Waals surface area contributed by atoms with E-state index in [1.165, 1.54) is 33.6 Å². The quantitative estimate of drug-likeness (QED) is 0.739. The van der Waals surface area contributed by atoms with Crippen LogP contribution in [-0.2, 0) is 5.41 Å². The van der Waals surface area contributed by atoms with E-state index in [-0.39, 0.29) is 5.41 Å². The van der Waals surface area contributed by atoms with Crippen molar-refractivity contribution in [3.63, 3.8) is 0 Å². The number of aromatic amines is 1. The van der Waals surface area contributed by atoms with Crippen LogP contribution in [0.2, 0.25) is 0 Å². The number of hydrogen-bond acceptors (Lipinski definition) is 0. The molecule has 0 radical (unpaired) electrons. The number of nitrogens with one attached hydrogen (secondary N) is 1. The van der Waals surface area contributed by atoms with Crippen molar-refractivity contribution < 1.29 is 0 Å². The van der Waals surface area contributed by atoms with E-state index >= 15 is 0 Å². The second-order valence-corrected chi connectivity index (χ2v) is 6.34. The van der Waals surface area contributed by atoms with Gasteiger partial charge in [0.15, 0.2) is 0 Å². The summed E-state index contributed by atoms with van der Waals surface area (Å²) >= 11 is 0. The van der Waals surface area contributed by atoms with E-state index in [0.29, 0.717) is 5.92 Å². The van der Waals surface area contributed by atoms with Gasteiger partial charge in [-0.2, -0.15) is 0 Å². The van der Waals surface area contributed by atoms with Gasteiger partial charge in [-0.25, -0.2) is 0 Å². The lowest BCUT2D eigenvalue weighted by molar-refractivity contribution is 0.633. The fourth-order valence-electron chi connectivity index (χ4n) is 3.04. The first-order valence-corrected chi connectivity index (χ1v) is 6.76. The monoisotopic (exact) mass is 239 g/mol. The Labute approximate surface area is 109 Å². The first kappa shape index (κ1) is 11.6. The highest BCUT2D eigenvalue weighted by Crippen LogP contribution is 2.49. The molecule has 0 aliphatic heterocycles. The van der Waals surface area contributed by atoms with Crippen molar-refractivity contribution in [3.8, 4) is 11.1 Å². The summed E-state index contributed by atoms with van der Waals surface area (Å²) in [5.41, 5.74) is 8.44. The smallest absolute Gasteiger partial charge is 0.0331 e. The Morgan fingerprint density at radius 1 is 1.06 bits per heavy atom. The van der Waals surface area contributed by atoms with Crippen LogP contribution >= 0.6 is 0 Å². The van der Waals surface area contributed by atoms with Crippen molar-refractivity contribution in [1.29, 1.82) is 0 Å². The van der Waals surface area contributed by atoms with Gasteiger partial charge in [-0.1, -0.05) is 51.5 Å². The summed E-state index contributed by atoms with van der Waals surface area (Å²) in [4.78, 5) is 3.65. The van der Waals surface area contributed by atoms with E-state index < -0.39 is 0 Å². The Morgan fingerprint density at radius 3 is 2.44 bits per heavy atom. The maximum absolute atomic E-state index is 3.65. The Morgan fingerprint density at radius 2 is 1.78 bits per heavy atom. The Bertz CT molecular complexity index is 615. The van der Waals surface area contributed by atoms with Crippen molar-refractivity contribution in [2.75, 3.05) is 0 Å². The molecular weight excluding hydrogens is 218 g/mol. The van der Waals surface area contributed by atoms with Crippen LogP contribution < -0.4 is 0 Å². The van der Waals surface area contributed by atoms with Gasteiger partial charge in [0.05, 0.1) is 0 Å². The fraction of sp³-hybridized carbons (Fsp3) is 0.412. The largest absolute Gasteiger partial charge is 0.361 e. The van der Waals surface area contributed by atoms with Crippen molar-refractivity contribution in [3.05, 3.63) is 46.8 Å². The highest BCUT2D eigenvalue weighted by atomic mass is 14.8. The fourth-order valence-corrected chi connectivity index (χ4v) is 3.04. The molecule has 0 unspecified atom stereocenters. The van der Waals surface area contributed by atoms with Crippen LogP contribution in [0.1, 0.15) is 56.1 Å². The molecule has 94 valence electrons. The topological polar surface area (TPSA) is 15.8 Å². The molecular formula is C17H21N. The Balaban J connectivity index is 2.27. The molecule has 3 rings (SSSR count). The molecule has 18 heavy (non-hydrogen) atoms. The average molecular weight is 239 g/mol. The van der Waals surface area contributed by atoms with Gasteiger partial charge in [-0.15, -0.1) is 0 Å². The molecule has 0 spiro atoms. The molecule has 0 amide bonds. The van der Waals surface area contributed by atoms with Crippen LogP contribution in [-0.4, -0.2) is 4.98 Å². The van der Waals surface area contributed by atoms with Gasteiger partial charge in [0, 0.05) is 22.4 Å². The molecule has 1 heteroatoms. The van der Waals surface area contributed by atoms with E-state index in [0.717, 1.165) is 0 Å². The normalized spacial score (nSPS) is 15.9. The molecule has 0 saturated carbocycles.